The van der Waals surface area contributed by atoms with E-state index in [0.29, 0.717) is 0 Å². The zero-order valence-corrected chi connectivity index (χ0v) is 9.25. The Kier molecular flexibility index (Phi) is 3.50. The Morgan fingerprint density at radius 2 is 1.56 bits per heavy atom. The van der Waals surface area contributed by atoms with Gasteiger partial charge in [-0.3, -0.25) is 0 Å². The monoisotopic (exact) mass is 238 g/mol. The minimum Gasteiger partial charge on any atom is -0.236 e. The van der Waals surface area contributed by atoms with E-state index in [-0.39, 0.29) is 6.42 Å². The maximum Gasteiger partial charge on any atom is 0.192 e. The van der Waals surface area contributed by atoms with Crippen molar-refractivity contribution in [2.24, 2.45) is 0 Å². The predicted molar refractivity (Wildman–Crippen MR) is 54.4 cm³/mol. The van der Waals surface area contributed by atoms with Gasteiger partial charge in [-0.25, -0.2) is 22.0 Å². The van der Waals surface area contributed by atoms with Gasteiger partial charge in [-0.1, -0.05) is 20.3 Å². The van der Waals surface area contributed by atoms with Crippen LogP contribution in [0.4, 0.5) is 22.0 Å². The Balaban J connectivity index is 3.36. The van der Waals surface area contributed by atoms with Crippen LogP contribution in [-0.2, 0) is 0 Å². The van der Waals surface area contributed by atoms with Crippen LogP contribution in [0.5, 0.6) is 0 Å². The molecular weight excluding hydrogens is 226 g/mol. The number of allylic oxidation sites excluding steroid dienone is 4. The quantitative estimate of drug-likeness (QED) is 0.511. The molecular formula is C10H12BF5. The fourth-order valence-corrected chi connectivity index (χ4v) is 1.54. The summed E-state index contributed by atoms with van der Waals surface area (Å²) in [5, 5.41) is -1.07. The van der Waals surface area contributed by atoms with Crippen LogP contribution in [0.3, 0.4) is 0 Å². The topological polar surface area (TPSA) is 0 Å². The summed E-state index contributed by atoms with van der Waals surface area (Å²) >= 11 is 0. The molecule has 0 fully saturated rings. The summed E-state index contributed by atoms with van der Waals surface area (Å²) in [7, 11) is 1.44. The van der Waals surface area contributed by atoms with E-state index in [1.54, 1.807) is 6.92 Å². The Morgan fingerprint density at radius 1 is 1.12 bits per heavy atom. The van der Waals surface area contributed by atoms with Gasteiger partial charge in [-0.05, 0) is 5.31 Å². The molecule has 6 heteroatoms. The van der Waals surface area contributed by atoms with Gasteiger partial charge >= 0.3 is 0 Å². The molecule has 1 rings (SSSR count). The van der Waals surface area contributed by atoms with Crippen LogP contribution < -0.4 is 0 Å². The lowest BCUT2D eigenvalue weighted by molar-refractivity contribution is 0.163. The smallest absolute Gasteiger partial charge is 0.192 e. The van der Waals surface area contributed by atoms with Crippen LogP contribution in [0, 0.1) is 0 Å². The minimum absolute atomic E-state index is 0.278. The van der Waals surface area contributed by atoms with Gasteiger partial charge in [0.25, 0.3) is 0 Å². The fraction of sp³-hybridized carbons (Fsp3) is 0.600. The molecule has 0 saturated heterocycles. The summed E-state index contributed by atoms with van der Waals surface area (Å²) in [6.07, 6.45) is -5.35. The van der Waals surface area contributed by atoms with E-state index in [2.05, 4.69) is 0 Å². The van der Waals surface area contributed by atoms with E-state index >= 15 is 0 Å². The van der Waals surface area contributed by atoms with E-state index in [4.69, 9.17) is 0 Å². The van der Waals surface area contributed by atoms with Crippen LogP contribution in [0.25, 0.3) is 0 Å². The molecule has 0 spiro atoms. The number of rotatable bonds is 2. The van der Waals surface area contributed by atoms with Gasteiger partial charge in [-0.15, -0.1) is 0 Å². The maximum atomic E-state index is 13.4. The van der Waals surface area contributed by atoms with Crippen molar-refractivity contribution >= 4 is 7.85 Å². The Labute approximate surface area is 91.6 Å². The van der Waals surface area contributed by atoms with Gasteiger partial charge in [0.05, 0.1) is 0 Å². The zero-order chi connectivity index (χ0) is 12.7. The van der Waals surface area contributed by atoms with Crippen molar-refractivity contribution in [3.8, 4) is 0 Å². The molecule has 0 radical (unpaired) electrons. The molecule has 0 aromatic carbocycles. The highest BCUT2D eigenvalue weighted by Crippen LogP contribution is 2.48. The second kappa shape index (κ2) is 4.22. The second-order valence-electron chi connectivity index (χ2n) is 4.43. The van der Waals surface area contributed by atoms with E-state index in [9.17, 15) is 22.0 Å². The van der Waals surface area contributed by atoms with Crippen molar-refractivity contribution in [2.45, 2.75) is 37.9 Å². The first kappa shape index (κ1) is 13.3. The van der Waals surface area contributed by atoms with E-state index in [1.165, 1.54) is 14.8 Å². The number of halogens is 5. The molecule has 0 nitrogen and oxygen atoms in total. The van der Waals surface area contributed by atoms with Gasteiger partial charge in [-0.2, -0.15) is 0 Å². The molecule has 0 aliphatic heterocycles. The average Bonchev–Trinajstić information content (AvgIpc) is 2.23. The molecule has 0 heterocycles. The summed E-state index contributed by atoms with van der Waals surface area (Å²) < 4.78 is 65.7. The third-order valence-corrected chi connectivity index (χ3v) is 2.97. The van der Waals surface area contributed by atoms with Crippen molar-refractivity contribution < 1.29 is 22.0 Å². The lowest BCUT2D eigenvalue weighted by Gasteiger charge is -2.30. The van der Waals surface area contributed by atoms with Crippen molar-refractivity contribution in [1.29, 1.82) is 0 Å². The van der Waals surface area contributed by atoms with E-state index in [1.807, 2.05) is 0 Å². The molecule has 0 aromatic heterocycles. The lowest BCUT2D eigenvalue weighted by atomic mass is 9.62. The standard InChI is InChI=1S/C10H12BF5/c1-3-10(2,11)4-5(12)7(14)9(16)8(15)6(4)13/h7,9H,3,11H2,1-2H3. The van der Waals surface area contributed by atoms with Crippen molar-refractivity contribution in [1.82, 2.24) is 0 Å². The molecule has 1 aliphatic carbocycles. The molecule has 3 unspecified atom stereocenters. The van der Waals surface area contributed by atoms with Gasteiger partial charge in [0, 0.05) is 5.57 Å². The van der Waals surface area contributed by atoms with Crippen molar-refractivity contribution in [3.05, 3.63) is 23.1 Å². The van der Waals surface area contributed by atoms with E-state index < -0.39 is 40.7 Å². The lowest BCUT2D eigenvalue weighted by Crippen LogP contribution is -2.28. The number of hydrogen-bond donors (Lipinski definition) is 0. The van der Waals surface area contributed by atoms with Gasteiger partial charge < -0.3 is 0 Å². The van der Waals surface area contributed by atoms with Crippen LogP contribution in [-0.4, -0.2) is 20.2 Å². The van der Waals surface area contributed by atoms with Crippen LogP contribution >= 0.6 is 0 Å². The largest absolute Gasteiger partial charge is 0.236 e. The summed E-state index contributed by atoms with van der Waals surface area (Å²) in [6.45, 7) is 3.07. The Hall–Kier alpha value is -0.805. The molecule has 0 bridgehead atoms. The second-order valence-corrected chi connectivity index (χ2v) is 4.43. The zero-order valence-electron chi connectivity index (χ0n) is 9.25. The normalized spacial score (nSPS) is 30.7. The maximum absolute atomic E-state index is 13.4. The number of alkyl halides is 2. The third kappa shape index (κ3) is 1.89. The molecule has 3 atom stereocenters. The molecule has 90 valence electrons. The Bertz CT molecular complexity index is 358. The average molecular weight is 238 g/mol. The SMILES string of the molecule is BC(C)(CC)C1=C(F)C(F)C(F)C(F)=C1F. The van der Waals surface area contributed by atoms with Crippen LogP contribution in [0.1, 0.15) is 20.3 Å². The van der Waals surface area contributed by atoms with E-state index in [0.717, 1.165) is 0 Å². The highest BCUT2D eigenvalue weighted by atomic mass is 19.2. The molecule has 0 aromatic rings. The third-order valence-electron chi connectivity index (χ3n) is 2.97. The van der Waals surface area contributed by atoms with Gasteiger partial charge in [0.2, 0.25) is 0 Å². The molecule has 16 heavy (non-hydrogen) atoms. The molecule has 0 saturated carbocycles. The first-order chi connectivity index (χ1) is 7.24. The summed E-state index contributed by atoms with van der Waals surface area (Å²) in [6, 6.07) is 0. The van der Waals surface area contributed by atoms with Crippen LogP contribution in [0.15, 0.2) is 23.1 Å². The molecule has 0 N–H and O–H groups in total. The number of hydrogen-bond acceptors (Lipinski definition) is 0. The van der Waals surface area contributed by atoms with Gasteiger partial charge in [0.15, 0.2) is 24.0 Å². The Morgan fingerprint density at radius 3 is 2.00 bits per heavy atom. The fourth-order valence-electron chi connectivity index (χ4n) is 1.54. The molecule has 1 aliphatic rings. The van der Waals surface area contributed by atoms with Crippen molar-refractivity contribution in [3.63, 3.8) is 0 Å². The first-order valence-electron chi connectivity index (χ1n) is 4.97. The predicted octanol–water partition coefficient (Wildman–Crippen LogP) is 3.27. The van der Waals surface area contributed by atoms with Crippen molar-refractivity contribution in [2.75, 3.05) is 0 Å². The summed E-state index contributed by atoms with van der Waals surface area (Å²) in [5.41, 5.74) is -0.700. The van der Waals surface area contributed by atoms with Crippen LogP contribution in [0.2, 0.25) is 5.31 Å². The minimum atomic E-state index is -2.88. The highest BCUT2D eigenvalue weighted by Gasteiger charge is 2.43. The summed E-state index contributed by atoms with van der Waals surface area (Å²) in [5.74, 6) is -5.01. The summed E-state index contributed by atoms with van der Waals surface area (Å²) in [4.78, 5) is 0. The highest BCUT2D eigenvalue weighted by molar-refractivity contribution is 6.17. The first-order valence-corrected chi connectivity index (χ1v) is 4.97. The van der Waals surface area contributed by atoms with Gasteiger partial charge in [0.1, 0.15) is 13.7 Å². The molecule has 0 amide bonds.